The van der Waals surface area contributed by atoms with Gasteiger partial charge in [-0.15, -0.1) is 0 Å². The van der Waals surface area contributed by atoms with Crippen molar-refractivity contribution in [3.05, 3.63) is 12.2 Å². The van der Waals surface area contributed by atoms with Crippen molar-refractivity contribution in [2.45, 2.75) is 22.9 Å². The van der Waals surface area contributed by atoms with E-state index in [-0.39, 0.29) is 6.10 Å². The molecule has 2 heteroatoms. The molecule has 2 unspecified atom stereocenters. The Balaban J connectivity index is 2.42. The van der Waals surface area contributed by atoms with Crippen LogP contribution in [0.3, 0.4) is 0 Å². The van der Waals surface area contributed by atoms with Crippen LogP contribution in [0.15, 0.2) is 12.2 Å². The van der Waals surface area contributed by atoms with Crippen LogP contribution in [0.4, 0.5) is 0 Å². The molecule has 1 aliphatic carbocycles. The van der Waals surface area contributed by atoms with Gasteiger partial charge in [0.25, 0.3) is 0 Å². The summed E-state index contributed by atoms with van der Waals surface area (Å²) >= 11 is 2.37. The van der Waals surface area contributed by atoms with Crippen LogP contribution < -0.4 is 0 Å². The van der Waals surface area contributed by atoms with Crippen LogP contribution in [0.5, 0.6) is 0 Å². The Kier molecular flexibility index (Phi) is 2.31. The molecule has 0 spiro atoms. The zero-order chi connectivity index (χ0) is 5.98. The number of allylic oxidation sites excluding steroid dienone is 1. The Bertz CT molecular complexity index is 88.7. The van der Waals surface area contributed by atoms with Gasteiger partial charge in [-0.25, -0.2) is 0 Å². The quantitative estimate of drug-likeness (QED) is 0.375. The second kappa shape index (κ2) is 2.82. The maximum Gasteiger partial charge on any atom is 0.0721 e. The van der Waals surface area contributed by atoms with Crippen LogP contribution in [-0.2, 0) is 0 Å². The number of rotatable bonds is 0. The Morgan fingerprint density at radius 3 is 2.50 bits per heavy atom. The summed E-state index contributed by atoms with van der Waals surface area (Å²) in [6.45, 7) is 0. The number of aliphatic hydroxyl groups is 1. The first kappa shape index (κ1) is 6.55. The molecule has 0 amide bonds. The lowest BCUT2D eigenvalue weighted by atomic mass is 10.1. The molecule has 1 rings (SSSR count). The third kappa shape index (κ3) is 1.74. The summed E-state index contributed by atoms with van der Waals surface area (Å²) in [5, 5.41) is 8.94. The minimum atomic E-state index is -0.166. The average molecular weight is 224 g/mol. The number of hydrogen-bond acceptors (Lipinski definition) is 1. The van der Waals surface area contributed by atoms with Crippen molar-refractivity contribution in [1.29, 1.82) is 0 Å². The molecule has 46 valence electrons. The predicted octanol–water partition coefficient (Wildman–Crippen LogP) is 1.50. The molecule has 0 heterocycles. The van der Waals surface area contributed by atoms with Gasteiger partial charge in [0, 0.05) is 3.92 Å². The van der Waals surface area contributed by atoms with Gasteiger partial charge in [-0.05, 0) is 12.8 Å². The van der Waals surface area contributed by atoms with E-state index in [1.165, 1.54) is 0 Å². The zero-order valence-corrected chi connectivity index (χ0v) is 6.71. The molecule has 0 aromatic heterocycles. The number of hydrogen-bond donors (Lipinski definition) is 1. The number of alkyl halides is 1. The fraction of sp³-hybridized carbons (Fsp3) is 0.667. The first-order valence-electron chi connectivity index (χ1n) is 2.79. The summed E-state index contributed by atoms with van der Waals surface area (Å²) in [5.41, 5.74) is 0. The van der Waals surface area contributed by atoms with Gasteiger partial charge in [-0.3, -0.25) is 0 Å². The molecule has 0 aromatic rings. The standard InChI is InChI=1S/C6H9IO/c7-5-1-3-6(8)4-2-5/h1,3,5-6,8H,2,4H2. The molecule has 0 saturated heterocycles. The molecule has 0 fully saturated rings. The van der Waals surface area contributed by atoms with Crippen LogP contribution in [0, 0.1) is 0 Å². The van der Waals surface area contributed by atoms with Gasteiger partial charge < -0.3 is 5.11 Å². The molecule has 1 aliphatic rings. The largest absolute Gasteiger partial charge is 0.389 e. The Hall–Kier alpha value is 0.430. The zero-order valence-electron chi connectivity index (χ0n) is 4.55. The number of aliphatic hydroxyl groups excluding tert-OH is 1. The first-order chi connectivity index (χ1) is 3.79. The van der Waals surface area contributed by atoms with E-state index in [0.717, 1.165) is 12.8 Å². The summed E-state index contributed by atoms with van der Waals surface area (Å²) < 4.78 is 0.649. The minimum absolute atomic E-state index is 0.166. The minimum Gasteiger partial charge on any atom is -0.389 e. The molecular weight excluding hydrogens is 215 g/mol. The highest BCUT2D eigenvalue weighted by Gasteiger charge is 2.08. The molecule has 0 bridgehead atoms. The topological polar surface area (TPSA) is 20.2 Å². The average Bonchev–Trinajstić information content (AvgIpc) is 1.77. The lowest BCUT2D eigenvalue weighted by molar-refractivity contribution is 0.206. The fourth-order valence-corrected chi connectivity index (χ4v) is 1.37. The van der Waals surface area contributed by atoms with Gasteiger partial charge in [-0.2, -0.15) is 0 Å². The SMILES string of the molecule is OC1C=CC(I)CC1. The van der Waals surface area contributed by atoms with E-state index in [1.807, 2.05) is 6.08 Å². The Morgan fingerprint density at radius 1 is 1.38 bits per heavy atom. The van der Waals surface area contributed by atoms with Crippen LogP contribution in [-0.4, -0.2) is 15.1 Å². The van der Waals surface area contributed by atoms with Crippen molar-refractivity contribution < 1.29 is 5.11 Å². The third-order valence-electron chi connectivity index (χ3n) is 1.28. The van der Waals surface area contributed by atoms with Gasteiger partial charge in [0.05, 0.1) is 6.10 Å². The van der Waals surface area contributed by atoms with Gasteiger partial charge in [-0.1, -0.05) is 34.7 Å². The highest BCUT2D eigenvalue weighted by atomic mass is 127. The molecule has 8 heavy (non-hydrogen) atoms. The van der Waals surface area contributed by atoms with Gasteiger partial charge in [0.1, 0.15) is 0 Å². The second-order valence-electron chi connectivity index (χ2n) is 2.05. The normalized spacial score (nSPS) is 37.8. The predicted molar refractivity (Wildman–Crippen MR) is 42.2 cm³/mol. The van der Waals surface area contributed by atoms with E-state index < -0.39 is 0 Å². The maximum atomic E-state index is 8.94. The van der Waals surface area contributed by atoms with Crippen LogP contribution >= 0.6 is 22.6 Å². The van der Waals surface area contributed by atoms with E-state index in [0.29, 0.717) is 3.92 Å². The van der Waals surface area contributed by atoms with Crippen molar-refractivity contribution in [2.75, 3.05) is 0 Å². The maximum absolute atomic E-state index is 8.94. The second-order valence-corrected chi connectivity index (χ2v) is 3.65. The van der Waals surface area contributed by atoms with E-state index in [9.17, 15) is 0 Å². The fourth-order valence-electron chi connectivity index (χ4n) is 0.771. The van der Waals surface area contributed by atoms with Gasteiger partial charge in [0.2, 0.25) is 0 Å². The molecule has 0 aliphatic heterocycles. The van der Waals surface area contributed by atoms with Crippen LogP contribution in [0.1, 0.15) is 12.8 Å². The lowest BCUT2D eigenvalue weighted by Gasteiger charge is -2.13. The Labute approximate surface area is 62.9 Å². The first-order valence-corrected chi connectivity index (χ1v) is 4.04. The van der Waals surface area contributed by atoms with Gasteiger partial charge >= 0.3 is 0 Å². The third-order valence-corrected chi connectivity index (χ3v) is 2.32. The van der Waals surface area contributed by atoms with E-state index in [4.69, 9.17) is 5.11 Å². The molecule has 1 nitrogen and oxygen atoms in total. The Morgan fingerprint density at radius 2 is 2.12 bits per heavy atom. The van der Waals surface area contributed by atoms with Gasteiger partial charge in [0.15, 0.2) is 0 Å². The van der Waals surface area contributed by atoms with Crippen LogP contribution in [0.25, 0.3) is 0 Å². The van der Waals surface area contributed by atoms with Crippen molar-refractivity contribution in [3.63, 3.8) is 0 Å². The number of halogens is 1. The summed E-state index contributed by atoms with van der Waals surface area (Å²) in [5.74, 6) is 0. The molecule has 0 radical (unpaired) electrons. The van der Waals surface area contributed by atoms with Crippen molar-refractivity contribution in [2.24, 2.45) is 0 Å². The van der Waals surface area contributed by atoms with Crippen LogP contribution in [0.2, 0.25) is 0 Å². The lowest BCUT2D eigenvalue weighted by Crippen LogP contribution is -2.10. The monoisotopic (exact) mass is 224 g/mol. The van der Waals surface area contributed by atoms with Crippen molar-refractivity contribution in [3.8, 4) is 0 Å². The summed E-state index contributed by atoms with van der Waals surface area (Å²) in [6.07, 6.45) is 5.83. The summed E-state index contributed by atoms with van der Waals surface area (Å²) in [6, 6.07) is 0. The highest BCUT2D eigenvalue weighted by Crippen LogP contribution is 2.17. The van der Waals surface area contributed by atoms with E-state index in [2.05, 4.69) is 28.7 Å². The molecule has 1 N–H and O–H groups in total. The van der Waals surface area contributed by atoms with Crippen molar-refractivity contribution >= 4 is 22.6 Å². The van der Waals surface area contributed by atoms with E-state index in [1.54, 1.807) is 0 Å². The smallest absolute Gasteiger partial charge is 0.0721 e. The van der Waals surface area contributed by atoms with E-state index >= 15 is 0 Å². The summed E-state index contributed by atoms with van der Waals surface area (Å²) in [4.78, 5) is 0. The molecular formula is C6H9IO. The molecule has 2 atom stereocenters. The van der Waals surface area contributed by atoms with Crippen molar-refractivity contribution in [1.82, 2.24) is 0 Å². The highest BCUT2D eigenvalue weighted by molar-refractivity contribution is 14.1. The molecule has 0 saturated carbocycles. The summed E-state index contributed by atoms with van der Waals surface area (Å²) in [7, 11) is 0. The molecule has 0 aromatic carbocycles.